The lowest BCUT2D eigenvalue weighted by Crippen LogP contribution is -2.26. The van der Waals surface area contributed by atoms with Crippen molar-refractivity contribution >= 4 is 32.1 Å². The van der Waals surface area contributed by atoms with E-state index in [1.807, 2.05) is 22.7 Å². The van der Waals surface area contributed by atoms with Crippen molar-refractivity contribution < 1.29 is 9.47 Å². The summed E-state index contributed by atoms with van der Waals surface area (Å²) in [7, 11) is 0. The highest BCUT2D eigenvalue weighted by Crippen LogP contribution is 2.39. The molecule has 3 heterocycles. The molecule has 2 nitrogen and oxygen atoms in total. The maximum absolute atomic E-state index is 6.04. The second kappa shape index (κ2) is 11.5. The Hall–Kier alpha value is -0.420. The topological polar surface area (TPSA) is 18.5 Å². The van der Waals surface area contributed by atoms with Crippen molar-refractivity contribution in [1.82, 2.24) is 0 Å². The molecule has 27 heavy (non-hydrogen) atoms. The Balaban J connectivity index is 1.42. The first-order valence-electron chi connectivity index (χ1n) is 11.1. The van der Waals surface area contributed by atoms with E-state index in [0.29, 0.717) is 5.92 Å². The molecule has 0 bridgehead atoms. The predicted octanol–water partition coefficient (Wildman–Crippen LogP) is 8.11. The molecule has 152 valence electrons. The Kier molecular flexibility index (Phi) is 9.11. The molecule has 0 radical (unpaired) electrons. The highest BCUT2D eigenvalue weighted by Gasteiger charge is 2.25. The fourth-order valence-electron chi connectivity index (χ4n) is 3.79. The molecule has 2 aromatic rings. The zero-order valence-electron chi connectivity index (χ0n) is 17.1. The van der Waals surface area contributed by atoms with Gasteiger partial charge in [-0.3, -0.25) is 0 Å². The molecular weight excluding hydrogens is 372 g/mol. The van der Waals surface area contributed by atoms with Crippen LogP contribution in [0.1, 0.15) is 94.1 Å². The van der Waals surface area contributed by atoms with Crippen molar-refractivity contribution in [3.05, 3.63) is 21.9 Å². The minimum Gasteiger partial charge on any atom is -0.347 e. The fraction of sp³-hybridized carbons (Fsp3) is 0.739. The van der Waals surface area contributed by atoms with E-state index in [-0.39, 0.29) is 6.29 Å². The summed E-state index contributed by atoms with van der Waals surface area (Å²) >= 11 is 3.84. The van der Waals surface area contributed by atoms with Crippen LogP contribution in [0.3, 0.4) is 0 Å². The number of hydrogen-bond donors (Lipinski definition) is 0. The van der Waals surface area contributed by atoms with Crippen molar-refractivity contribution in [2.75, 3.05) is 13.2 Å². The first-order chi connectivity index (χ1) is 13.3. The Bertz CT molecular complexity index is 621. The van der Waals surface area contributed by atoms with Crippen LogP contribution in [0, 0.1) is 5.92 Å². The average Bonchev–Trinajstić information content (AvgIpc) is 3.24. The Morgan fingerprint density at radius 2 is 1.56 bits per heavy atom. The van der Waals surface area contributed by atoms with Crippen molar-refractivity contribution in [2.24, 2.45) is 5.92 Å². The van der Waals surface area contributed by atoms with E-state index in [1.165, 1.54) is 84.9 Å². The number of thiophene rings is 2. The van der Waals surface area contributed by atoms with Gasteiger partial charge in [0.05, 0.1) is 22.1 Å². The normalized spacial score (nSPS) is 20.5. The third-order valence-electron chi connectivity index (χ3n) is 5.48. The lowest BCUT2D eigenvalue weighted by Gasteiger charge is -2.28. The number of ether oxygens (including phenoxy) is 2. The summed E-state index contributed by atoms with van der Waals surface area (Å²) in [6, 6.07) is 4.69. The minimum absolute atomic E-state index is 0.140. The number of rotatable bonds is 12. The van der Waals surface area contributed by atoms with Gasteiger partial charge in [-0.1, -0.05) is 65.2 Å². The van der Waals surface area contributed by atoms with Crippen molar-refractivity contribution in [3.63, 3.8) is 0 Å². The van der Waals surface area contributed by atoms with E-state index in [9.17, 15) is 0 Å². The van der Waals surface area contributed by atoms with Crippen molar-refractivity contribution in [1.29, 1.82) is 0 Å². The molecule has 0 spiro atoms. The highest BCUT2D eigenvalue weighted by molar-refractivity contribution is 7.38. The highest BCUT2D eigenvalue weighted by atomic mass is 32.2. The molecule has 4 heteroatoms. The number of fused-ring (bicyclic) bond motifs is 1. The summed E-state index contributed by atoms with van der Waals surface area (Å²) in [4.78, 5) is 2.79. The van der Waals surface area contributed by atoms with Gasteiger partial charge in [-0.25, -0.2) is 0 Å². The van der Waals surface area contributed by atoms with Gasteiger partial charge in [0.2, 0.25) is 0 Å². The second-order valence-corrected chi connectivity index (χ2v) is 10.5. The third kappa shape index (κ3) is 6.56. The summed E-state index contributed by atoms with van der Waals surface area (Å²) in [6.45, 7) is 6.24. The molecule has 0 N–H and O–H groups in total. The van der Waals surface area contributed by atoms with Crippen LogP contribution in [0.5, 0.6) is 0 Å². The Labute approximate surface area is 173 Å². The van der Waals surface area contributed by atoms with Gasteiger partial charge in [-0.2, -0.15) is 0 Å². The van der Waals surface area contributed by atoms with Crippen molar-refractivity contribution in [2.45, 2.75) is 90.8 Å². The number of aryl methyl sites for hydroxylation is 1. The smallest absolute Gasteiger partial charge is 0.193 e. The van der Waals surface area contributed by atoms with Gasteiger partial charge >= 0.3 is 0 Å². The van der Waals surface area contributed by atoms with Crippen LogP contribution in [-0.4, -0.2) is 13.2 Å². The minimum atomic E-state index is -0.140. The van der Waals surface area contributed by atoms with E-state index in [4.69, 9.17) is 9.47 Å². The van der Waals surface area contributed by atoms with E-state index < -0.39 is 0 Å². The molecule has 0 saturated carbocycles. The summed E-state index contributed by atoms with van der Waals surface area (Å²) in [6.07, 6.45) is 14.5. The standard InChI is InChI=1S/C23H36O2S2/c1-3-5-7-8-9-11-13-20-14-19-15-21(27-23(19)26-20)22-24-16-18(17-25-22)12-10-6-4-2/h14-15,18,22H,3-13,16-17H2,1-2H3/t18-,22-. The molecule has 0 atom stereocenters. The first-order valence-corrected chi connectivity index (χ1v) is 12.7. The van der Waals surface area contributed by atoms with Crippen LogP contribution < -0.4 is 0 Å². The van der Waals surface area contributed by atoms with Crippen LogP contribution >= 0.6 is 22.7 Å². The van der Waals surface area contributed by atoms with E-state index >= 15 is 0 Å². The quantitative estimate of drug-likeness (QED) is 0.330. The Morgan fingerprint density at radius 3 is 2.30 bits per heavy atom. The van der Waals surface area contributed by atoms with Crippen LogP contribution in [0.2, 0.25) is 0 Å². The largest absolute Gasteiger partial charge is 0.347 e. The number of unbranched alkanes of at least 4 members (excludes halogenated alkanes) is 7. The molecular formula is C23H36O2S2. The molecule has 0 aliphatic carbocycles. The van der Waals surface area contributed by atoms with Gasteiger partial charge in [0.15, 0.2) is 6.29 Å². The predicted molar refractivity (Wildman–Crippen MR) is 119 cm³/mol. The van der Waals surface area contributed by atoms with Crippen LogP contribution in [0.4, 0.5) is 0 Å². The molecule has 0 aromatic carbocycles. The molecule has 0 unspecified atom stereocenters. The van der Waals surface area contributed by atoms with Gasteiger partial charge in [-0.05, 0) is 31.4 Å². The Morgan fingerprint density at radius 1 is 0.852 bits per heavy atom. The second-order valence-electron chi connectivity index (χ2n) is 7.98. The van der Waals surface area contributed by atoms with Crippen LogP contribution in [-0.2, 0) is 15.9 Å². The monoisotopic (exact) mass is 408 g/mol. The average molecular weight is 409 g/mol. The van der Waals surface area contributed by atoms with Crippen LogP contribution in [0.25, 0.3) is 9.40 Å². The molecule has 1 saturated heterocycles. The van der Waals surface area contributed by atoms with Crippen LogP contribution in [0.15, 0.2) is 12.1 Å². The van der Waals surface area contributed by atoms with Gasteiger partial charge < -0.3 is 9.47 Å². The van der Waals surface area contributed by atoms with Gasteiger partial charge in [0, 0.05) is 16.2 Å². The SMILES string of the molecule is CCCCCCCCc1cc2cc([C@H]3OC[C@H](CCCCC)CO3)sc2s1. The molecule has 1 aliphatic rings. The lowest BCUT2D eigenvalue weighted by atomic mass is 10.0. The van der Waals surface area contributed by atoms with Crippen molar-refractivity contribution in [3.8, 4) is 0 Å². The lowest BCUT2D eigenvalue weighted by molar-refractivity contribution is -0.204. The fourth-order valence-corrected chi connectivity index (χ4v) is 6.34. The molecule has 0 amide bonds. The maximum Gasteiger partial charge on any atom is 0.193 e. The zero-order chi connectivity index (χ0) is 18.9. The van der Waals surface area contributed by atoms with Gasteiger partial charge in [-0.15, -0.1) is 22.7 Å². The van der Waals surface area contributed by atoms with E-state index in [1.54, 1.807) is 4.88 Å². The van der Waals surface area contributed by atoms with Gasteiger partial charge in [0.25, 0.3) is 0 Å². The molecule has 1 aliphatic heterocycles. The van der Waals surface area contributed by atoms with Gasteiger partial charge in [0.1, 0.15) is 0 Å². The van der Waals surface area contributed by atoms with E-state index in [0.717, 1.165) is 13.2 Å². The summed E-state index contributed by atoms with van der Waals surface area (Å²) in [5, 5.41) is 1.39. The summed E-state index contributed by atoms with van der Waals surface area (Å²) < 4.78 is 13.5. The number of hydrogen-bond acceptors (Lipinski definition) is 4. The van der Waals surface area contributed by atoms with E-state index in [2.05, 4.69) is 26.0 Å². The summed E-state index contributed by atoms with van der Waals surface area (Å²) in [5.41, 5.74) is 0. The molecule has 3 rings (SSSR count). The maximum atomic E-state index is 6.04. The zero-order valence-corrected chi connectivity index (χ0v) is 18.8. The first kappa shape index (κ1) is 21.3. The molecule has 1 fully saturated rings. The summed E-state index contributed by atoms with van der Waals surface area (Å²) in [5.74, 6) is 0.581. The molecule has 2 aromatic heterocycles. The third-order valence-corrected chi connectivity index (χ3v) is 7.95.